The topological polar surface area (TPSA) is 29.1 Å². The highest BCUT2D eigenvalue weighted by Crippen LogP contribution is 1.76. The van der Waals surface area contributed by atoms with E-state index in [4.69, 9.17) is 11.6 Å². The molecule has 0 spiro atoms. The molecule has 0 aliphatic heterocycles. The minimum absolute atomic E-state index is 0.170. The van der Waals surface area contributed by atoms with E-state index in [0.717, 1.165) is 0 Å². The number of hydrogen-bond donors (Lipinski definition) is 0. The molecule has 0 fully saturated rings. The average molecular weight is 124 g/mol. The minimum Gasteiger partial charge on any atom is -0.378 e. The zero-order chi connectivity index (χ0) is 5.54. The Hall–Kier alpha value is 0.210. The first kappa shape index (κ1) is 7.21. The van der Waals surface area contributed by atoms with Crippen molar-refractivity contribution >= 4 is 11.6 Å². The van der Waals surface area contributed by atoms with Crippen molar-refractivity contribution in [3.05, 3.63) is 0 Å². The van der Waals surface area contributed by atoms with Gasteiger partial charge in [-0.3, -0.25) is 0 Å². The van der Waals surface area contributed by atoms with Gasteiger partial charge in [0.25, 0.3) is 0 Å². The first-order valence-electron chi connectivity index (χ1n) is 2.13. The van der Waals surface area contributed by atoms with Crippen LogP contribution in [0.4, 0.5) is 0 Å². The van der Waals surface area contributed by atoms with Crippen LogP contribution < -0.4 is 0 Å². The molecular formula is C4H8ClO2. The van der Waals surface area contributed by atoms with Gasteiger partial charge < -0.3 is 4.74 Å². The molecule has 43 valence electrons. The highest BCUT2D eigenvalue weighted by atomic mass is 35.5. The zero-order valence-corrected chi connectivity index (χ0v) is 4.78. The molecule has 3 heteroatoms. The summed E-state index contributed by atoms with van der Waals surface area (Å²) < 4.78 is 4.69. The number of alkyl halides is 1. The molecule has 0 N–H and O–H groups in total. The number of ether oxygens (including phenoxy) is 1. The average Bonchev–Trinajstić information content (AvgIpc) is 1.69. The lowest BCUT2D eigenvalue weighted by molar-refractivity contribution is 0.0715. The summed E-state index contributed by atoms with van der Waals surface area (Å²) in [6, 6.07) is 0. The van der Waals surface area contributed by atoms with Crippen LogP contribution in [0.1, 0.15) is 0 Å². The lowest BCUT2D eigenvalue weighted by Crippen LogP contribution is -1.99. The molecule has 0 aromatic rings. The predicted octanol–water partition coefficient (Wildman–Crippen LogP) is 0.672. The molecule has 0 aromatic carbocycles. The Kier molecular flexibility index (Phi) is 6.40. The van der Waals surface area contributed by atoms with E-state index in [-0.39, 0.29) is 13.2 Å². The van der Waals surface area contributed by atoms with Crippen molar-refractivity contribution in [1.82, 2.24) is 0 Å². The maximum Gasteiger partial charge on any atom is 0.106 e. The molecule has 0 heterocycles. The second-order valence-corrected chi connectivity index (χ2v) is 1.38. The molecule has 2 nitrogen and oxygen atoms in total. The second kappa shape index (κ2) is 6.21. The Morgan fingerprint density at radius 2 is 2.14 bits per heavy atom. The monoisotopic (exact) mass is 123 g/mol. The third kappa shape index (κ3) is 6.21. The summed E-state index contributed by atoms with van der Waals surface area (Å²) in [5.41, 5.74) is 0. The Labute approximate surface area is 48.0 Å². The van der Waals surface area contributed by atoms with Gasteiger partial charge >= 0.3 is 0 Å². The van der Waals surface area contributed by atoms with Crippen molar-refractivity contribution in [3.63, 3.8) is 0 Å². The lowest BCUT2D eigenvalue weighted by atomic mass is 10.7. The summed E-state index contributed by atoms with van der Waals surface area (Å²) in [7, 11) is 0. The summed E-state index contributed by atoms with van der Waals surface area (Å²) in [6.45, 7) is 0.605. The van der Waals surface area contributed by atoms with Gasteiger partial charge in [-0.2, -0.15) is 0 Å². The first-order valence-corrected chi connectivity index (χ1v) is 2.67. The summed E-state index contributed by atoms with van der Waals surface area (Å²) in [5, 5.41) is 9.64. The van der Waals surface area contributed by atoms with Crippen LogP contribution in [-0.2, 0) is 9.84 Å². The molecule has 7 heavy (non-hydrogen) atoms. The Balaban J connectivity index is 2.45. The molecule has 0 atom stereocenters. The smallest absolute Gasteiger partial charge is 0.106 e. The molecule has 0 saturated carbocycles. The van der Waals surface area contributed by atoms with Gasteiger partial charge in [0.15, 0.2) is 0 Å². The molecule has 0 aliphatic rings. The summed E-state index contributed by atoms with van der Waals surface area (Å²) >= 11 is 5.21. The van der Waals surface area contributed by atoms with Crippen LogP contribution in [0.25, 0.3) is 0 Å². The van der Waals surface area contributed by atoms with Crippen LogP contribution in [0.15, 0.2) is 0 Å². The van der Waals surface area contributed by atoms with Gasteiger partial charge in [0.1, 0.15) is 6.61 Å². The van der Waals surface area contributed by atoms with Gasteiger partial charge in [-0.05, 0) is 0 Å². The maximum atomic E-state index is 9.64. The number of halogens is 1. The molecule has 0 aliphatic carbocycles. The van der Waals surface area contributed by atoms with E-state index in [9.17, 15) is 5.11 Å². The van der Waals surface area contributed by atoms with Gasteiger partial charge in [-0.15, -0.1) is 11.6 Å². The molecular weight excluding hydrogens is 115 g/mol. The van der Waals surface area contributed by atoms with Crippen LogP contribution in [0.5, 0.6) is 0 Å². The standard InChI is InChI=1S/C4H8ClO2/c5-1-3-7-4-2-6/h1-4H2. The zero-order valence-electron chi connectivity index (χ0n) is 4.02. The fourth-order valence-electron chi connectivity index (χ4n) is 0.216. The Bertz CT molecular complexity index is 28.9. The highest BCUT2D eigenvalue weighted by molar-refractivity contribution is 6.17. The van der Waals surface area contributed by atoms with E-state index in [1.165, 1.54) is 0 Å². The van der Waals surface area contributed by atoms with Crippen LogP contribution in [0.3, 0.4) is 0 Å². The highest BCUT2D eigenvalue weighted by Gasteiger charge is 1.81. The minimum atomic E-state index is -0.170. The summed E-state index contributed by atoms with van der Waals surface area (Å²) in [4.78, 5) is 0. The van der Waals surface area contributed by atoms with Crippen LogP contribution in [0.2, 0.25) is 0 Å². The van der Waals surface area contributed by atoms with Gasteiger partial charge in [0, 0.05) is 5.88 Å². The van der Waals surface area contributed by atoms with Gasteiger partial charge in [0.05, 0.1) is 13.2 Å². The van der Waals surface area contributed by atoms with E-state index in [1.807, 2.05) is 0 Å². The van der Waals surface area contributed by atoms with Crippen molar-refractivity contribution < 1.29 is 9.84 Å². The predicted molar refractivity (Wildman–Crippen MR) is 27.1 cm³/mol. The molecule has 0 aromatic heterocycles. The first-order chi connectivity index (χ1) is 3.41. The van der Waals surface area contributed by atoms with Crippen molar-refractivity contribution in [3.8, 4) is 0 Å². The normalized spacial score (nSPS) is 9.43. The van der Waals surface area contributed by atoms with E-state index in [0.29, 0.717) is 12.5 Å². The Morgan fingerprint density at radius 3 is 2.57 bits per heavy atom. The van der Waals surface area contributed by atoms with Crippen LogP contribution in [-0.4, -0.2) is 25.7 Å². The summed E-state index contributed by atoms with van der Waals surface area (Å²) in [5.74, 6) is 0.472. The van der Waals surface area contributed by atoms with Gasteiger partial charge in [-0.25, -0.2) is 5.11 Å². The lowest BCUT2D eigenvalue weighted by Gasteiger charge is -1.92. The van der Waals surface area contributed by atoms with Gasteiger partial charge in [0.2, 0.25) is 0 Å². The van der Waals surface area contributed by atoms with Crippen LogP contribution >= 0.6 is 11.6 Å². The SMILES string of the molecule is [O]CCOCCCl. The van der Waals surface area contributed by atoms with E-state index >= 15 is 0 Å². The molecule has 0 unspecified atom stereocenters. The molecule has 0 saturated heterocycles. The molecule has 1 radical (unpaired) electrons. The fraction of sp³-hybridized carbons (Fsp3) is 1.00. The van der Waals surface area contributed by atoms with Crippen molar-refractivity contribution in [2.45, 2.75) is 0 Å². The number of rotatable bonds is 4. The van der Waals surface area contributed by atoms with Crippen LogP contribution in [0, 0.1) is 0 Å². The quantitative estimate of drug-likeness (QED) is 0.399. The van der Waals surface area contributed by atoms with Gasteiger partial charge in [-0.1, -0.05) is 0 Å². The molecule has 0 bridgehead atoms. The van der Waals surface area contributed by atoms with E-state index < -0.39 is 0 Å². The Morgan fingerprint density at radius 1 is 1.43 bits per heavy atom. The van der Waals surface area contributed by atoms with Crippen molar-refractivity contribution in [2.75, 3.05) is 25.7 Å². The number of hydrogen-bond acceptors (Lipinski definition) is 1. The fourth-order valence-corrected chi connectivity index (χ4v) is 0.325. The summed E-state index contributed by atoms with van der Waals surface area (Å²) in [6.07, 6.45) is 0. The van der Waals surface area contributed by atoms with E-state index in [1.54, 1.807) is 0 Å². The molecule has 0 amide bonds. The second-order valence-electron chi connectivity index (χ2n) is 1.01. The van der Waals surface area contributed by atoms with E-state index in [2.05, 4.69) is 4.74 Å². The third-order valence-electron chi connectivity index (χ3n) is 0.449. The van der Waals surface area contributed by atoms with Crippen molar-refractivity contribution in [1.29, 1.82) is 0 Å². The van der Waals surface area contributed by atoms with Crippen molar-refractivity contribution in [2.24, 2.45) is 0 Å². The molecule has 0 rings (SSSR count). The third-order valence-corrected chi connectivity index (χ3v) is 0.603. The maximum absolute atomic E-state index is 9.64. The largest absolute Gasteiger partial charge is 0.378 e.